The number of benzene rings is 2. The van der Waals surface area contributed by atoms with Crippen LogP contribution in [-0.2, 0) is 5.41 Å². The fourth-order valence-electron chi connectivity index (χ4n) is 2.90. The van der Waals surface area contributed by atoms with Crippen LogP contribution in [0, 0.1) is 6.92 Å². The maximum Gasteiger partial charge on any atom is 0.251 e. The van der Waals surface area contributed by atoms with Crippen molar-refractivity contribution in [3.63, 3.8) is 0 Å². The van der Waals surface area contributed by atoms with Crippen LogP contribution >= 0.6 is 0 Å². The molecule has 0 fully saturated rings. The lowest BCUT2D eigenvalue weighted by Gasteiger charge is -2.21. The van der Waals surface area contributed by atoms with Crippen LogP contribution in [0.5, 0.6) is 5.75 Å². The van der Waals surface area contributed by atoms with Crippen molar-refractivity contribution in [3.05, 3.63) is 64.7 Å². The molecule has 1 amide bonds. The first-order valence-electron chi connectivity index (χ1n) is 8.82. The lowest BCUT2D eigenvalue weighted by molar-refractivity contribution is 0.0935. The van der Waals surface area contributed by atoms with Crippen LogP contribution in [0.2, 0.25) is 0 Å². The fourth-order valence-corrected chi connectivity index (χ4v) is 2.90. The van der Waals surface area contributed by atoms with Gasteiger partial charge >= 0.3 is 0 Å². The highest BCUT2D eigenvalue weighted by Crippen LogP contribution is 2.25. The van der Waals surface area contributed by atoms with Gasteiger partial charge in [-0.05, 0) is 53.6 Å². The average molecular weight is 339 g/mol. The fraction of sp³-hybridized carbons (Fsp3) is 0.409. The van der Waals surface area contributed by atoms with Crippen molar-refractivity contribution in [1.29, 1.82) is 0 Å². The molecule has 0 heterocycles. The number of carbonyl (C=O) groups is 1. The smallest absolute Gasteiger partial charge is 0.251 e. The van der Waals surface area contributed by atoms with Crippen molar-refractivity contribution >= 4 is 5.91 Å². The van der Waals surface area contributed by atoms with Crippen LogP contribution < -0.4 is 10.1 Å². The number of amides is 1. The molecule has 3 nitrogen and oxygen atoms in total. The second kappa shape index (κ2) is 7.73. The van der Waals surface area contributed by atoms with Gasteiger partial charge in [-0.1, -0.05) is 52.0 Å². The van der Waals surface area contributed by atoms with Crippen molar-refractivity contribution in [3.8, 4) is 5.75 Å². The zero-order chi connectivity index (χ0) is 18.6. The Labute approximate surface area is 151 Å². The number of ether oxygens (including phenoxy) is 1. The number of aryl methyl sites for hydroxylation is 1. The predicted octanol–water partition coefficient (Wildman–Crippen LogP) is 5.18. The molecule has 134 valence electrons. The van der Waals surface area contributed by atoms with E-state index in [0.717, 1.165) is 23.3 Å². The van der Waals surface area contributed by atoms with Crippen LogP contribution in [0.4, 0.5) is 0 Å². The molecular formula is C22H29NO2. The van der Waals surface area contributed by atoms with Crippen molar-refractivity contribution in [1.82, 2.24) is 5.32 Å². The highest BCUT2D eigenvalue weighted by Gasteiger charge is 2.17. The van der Waals surface area contributed by atoms with Gasteiger partial charge in [0.25, 0.3) is 5.91 Å². The van der Waals surface area contributed by atoms with Crippen LogP contribution in [0.15, 0.2) is 42.5 Å². The van der Waals surface area contributed by atoms with E-state index >= 15 is 0 Å². The number of carbonyl (C=O) groups excluding carboxylic acids is 1. The van der Waals surface area contributed by atoms with E-state index in [1.54, 1.807) is 7.11 Å². The van der Waals surface area contributed by atoms with Crippen molar-refractivity contribution in [2.75, 3.05) is 7.11 Å². The standard InChI is InChI=1S/C22H29NO2/c1-7-19(17-10-13-20(25-6)15(2)14-17)23-21(24)16-8-11-18(12-9-16)22(3,4)5/h8-14,19H,7H2,1-6H3,(H,23,24). The normalized spacial score (nSPS) is 12.6. The minimum atomic E-state index is -0.0409. The van der Waals surface area contributed by atoms with E-state index in [1.807, 2.05) is 43.3 Å². The summed E-state index contributed by atoms with van der Waals surface area (Å²) < 4.78 is 5.32. The summed E-state index contributed by atoms with van der Waals surface area (Å²) in [4.78, 5) is 12.6. The summed E-state index contributed by atoms with van der Waals surface area (Å²) in [7, 11) is 1.67. The molecule has 1 N–H and O–H groups in total. The Balaban J connectivity index is 2.15. The van der Waals surface area contributed by atoms with Gasteiger partial charge in [0.2, 0.25) is 0 Å². The zero-order valence-electron chi connectivity index (χ0n) is 16.1. The molecule has 1 atom stereocenters. The number of nitrogens with one attached hydrogen (secondary N) is 1. The highest BCUT2D eigenvalue weighted by atomic mass is 16.5. The van der Waals surface area contributed by atoms with Gasteiger partial charge in [0, 0.05) is 5.56 Å². The van der Waals surface area contributed by atoms with Crippen molar-refractivity contribution in [2.24, 2.45) is 0 Å². The summed E-state index contributed by atoms with van der Waals surface area (Å²) in [6.45, 7) is 10.6. The van der Waals surface area contributed by atoms with Gasteiger partial charge in [0.1, 0.15) is 5.75 Å². The molecule has 2 aromatic rings. The first-order chi connectivity index (χ1) is 11.8. The van der Waals surface area contributed by atoms with E-state index in [1.165, 1.54) is 5.56 Å². The molecule has 2 aromatic carbocycles. The minimum absolute atomic E-state index is 0.0144. The average Bonchev–Trinajstić information content (AvgIpc) is 2.58. The molecule has 0 aliphatic heterocycles. The second-order valence-corrected chi connectivity index (χ2v) is 7.49. The lowest BCUT2D eigenvalue weighted by Crippen LogP contribution is -2.28. The highest BCUT2D eigenvalue weighted by molar-refractivity contribution is 5.94. The summed E-state index contributed by atoms with van der Waals surface area (Å²) in [5.74, 6) is 0.823. The molecule has 0 saturated carbocycles. The summed E-state index contributed by atoms with van der Waals surface area (Å²) >= 11 is 0. The van der Waals surface area contributed by atoms with Gasteiger partial charge < -0.3 is 10.1 Å². The lowest BCUT2D eigenvalue weighted by atomic mass is 9.86. The van der Waals surface area contributed by atoms with Gasteiger partial charge in [0.15, 0.2) is 0 Å². The summed E-state index contributed by atoms with van der Waals surface area (Å²) in [6, 6.07) is 13.9. The van der Waals surface area contributed by atoms with Gasteiger partial charge in [-0.25, -0.2) is 0 Å². The molecule has 25 heavy (non-hydrogen) atoms. The first kappa shape index (κ1) is 19.0. The Bertz CT molecular complexity index is 727. The Morgan fingerprint density at radius 1 is 1.12 bits per heavy atom. The predicted molar refractivity (Wildman–Crippen MR) is 103 cm³/mol. The molecule has 0 aliphatic carbocycles. The topological polar surface area (TPSA) is 38.3 Å². The Kier molecular flexibility index (Phi) is 5.89. The first-order valence-corrected chi connectivity index (χ1v) is 8.82. The summed E-state index contributed by atoms with van der Waals surface area (Å²) in [6.07, 6.45) is 0.831. The van der Waals surface area contributed by atoms with Crippen molar-refractivity contribution in [2.45, 2.75) is 52.5 Å². The third kappa shape index (κ3) is 4.62. The third-order valence-corrected chi connectivity index (χ3v) is 4.55. The van der Waals surface area contributed by atoms with E-state index < -0.39 is 0 Å². The Hall–Kier alpha value is -2.29. The van der Waals surface area contributed by atoms with Crippen LogP contribution in [0.1, 0.15) is 67.2 Å². The maximum atomic E-state index is 12.6. The zero-order valence-corrected chi connectivity index (χ0v) is 16.1. The summed E-state index contributed by atoms with van der Waals surface area (Å²) in [5.41, 5.74) is 4.17. The van der Waals surface area contributed by atoms with Gasteiger partial charge in [0.05, 0.1) is 13.2 Å². The van der Waals surface area contributed by atoms with Gasteiger partial charge in [-0.3, -0.25) is 4.79 Å². The van der Waals surface area contributed by atoms with E-state index in [-0.39, 0.29) is 17.4 Å². The van der Waals surface area contributed by atoms with E-state index in [4.69, 9.17) is 4.74 Å². The molecule has 0 spiro atoms. The maximum absolute atomic E-state index is 12.6. The number of rotatable bonds is 5. The van der Waals surface area contributed by atoms with Crippen LogP contribution in [0.25, 0.3) is 0 Å². The number of hydrogen-bond acceptors (Lipinski definition) is 2. The second-order valence-electron chi connectivity index (χ2n) is 7.49. The molecule has 2 rings (SSSR count). The minimum Gasteiger partial charge on any atom is -0.496 e. The Morgan fingerprint density at radius 2 is 1.76 bits per heavy atom. The molecule has 0 aliphatic rings. The van der Waals surface area contributed by atoms with Crippen LogP contribution in [-0.4, -0.2) is 13.0 Å². The van der Waals surface area contributed by atoms with E-state index in [0.29, 0.717) is 5.56 Å². The molecule has 0 bridgehead atoms. The molecule has 1 unspecified atom stereocenters. The number of methoxy groups -OCH3 is 1. The molecule has 0 saturated heterocycles. The van der Waals surface area contributed by atoms with Gasteiger partial charge in [-0.2, -0.15) is 0 Å². The summed E-state index contributed by atoms with van der Waals surface area (Å²) in [5, 5.41) is 3.14. The van der Waals surface area contributed by atoms with Crippen LogP contribution in [0.3, 0.4) is 0 Å². The van der Waals surface area contributed by atoms with E-state index in [2.05, 4.69) is 39.1 Å². The molecule has 0 aromatic heterocycles. The quantitative estimate of drug-likeness (QED) is 0.815. The van der Waals surface area contributed by atoms with Crippen molar-refractivity contribution < 1.29 is 9.53 Å². The third-order valence-electron chi connectivity index (χ3n) is 4.55. The van der Waals surface area contributed by atoms with E-state index in [9.17, 15) is 4.79 Å². The molecule has 0 radical (unpaired) electrons. The van der Waals surface area contributed by atoms with Gasteiger partial charge in [-0.15, -0.1) is 0 Å². The largest absolute Gasteiger partial charge is 0.496 e. The SMILES string of the molecule is CCC(NC(=O)c1ccc(C(C)(C)C)cc1)c1ccc(OC)c(C)c1. The molecule has 3 heteroatoms. The Morgan fingerprint density at radius 3 is 2.24 bits per heavy atom. The monoisotopic (exact) mass is 339 g/mol. The molecular weight excluding hydrogens is 310 g/mol. The number of hydrogen-bond donors (Lipinski definition) is 1.